The van der Waals surface area contributed by atoms with Gasteiger partial charge >= 0.3 is 5.97 Å². The summed E-state index contributed by atoms with van der Waals surface area (Å²) in [5.74, 6) is -0.316. The van der Waals surface area contributed by atoms with Gasteiger partial charge in [-0.05, 0) is 25.1 Å². The van der Waals surface area contributed by atoms with Crippen molar-refractivity contribution in [3.05, 3.63) is 28.2 Å². The summed E-state index contributed by atoms with van der Waals surface area (Å²) in [6, 6.07) is 5.02. The fourth-order valence-electron chi connectivity index (χ4n) is 1.01. The fourth-order valence-corrected chi connectivity index (χ4v) is 1.49. The quantitative estimate of drug-likeness (QED) is 0.832. The van der Waals surface area contributed by atoms with Gasteiger partial charge in [0, 0.05) is 5.02 Å². The molecule has 1 rings (SSSR count). The molecule has 0 amide bonds. The predicted octanol–water partition coefficient (Wildman–Crippen LogP) is 2.97. The van der Waals surface area contributed by atoms with Crippen molar-refractivity contribution in [3.8, 4) is 0 Å². The highest BCUT2D eigenvalue weighted by atomic mass is 35.5. The largest absolute Gasteiger partial charge is 0.465 e. The topological polar surface area (TPSA) is 38.3 Å². The summed E-state index contributed by atoms with van der Waals surface area (Å²) >= 11 is 11.6. The van der Waals surface area contributed by atoms with Gasteiger partial charge in [-0.2, -0.15) is 0 Å². The van der Waals surface area contributed by atoms with E-state index < -0.39 is 0 Å². The van der Waals surface area contributed by atoms with Gasteiger partial charge in [-0.25, -0.2) is 0 Å². The number of carbonyl (C=O) groups is 1. The molecule has 1 N–H and O–H groups in total. The van der Waals surface area contributed by atoms with E-state index in [9.17, 15) is 4.79 Å². The number of benzene rings is 1. The molecule has 0 aliphatic rings. The van der Waals surface area contributed by atoms with Gasteiger partial charge in [0.2, 0.25) is 0 Å². The van der Waals surface area contributed by atoms with Crippen LogP contribution in [0.25, 0.3) is 0 Å². The van der Waals surface area contributed by atoms with Gasteiger partial charge in [-0.1, -0.05) is 23.2 Å². The number of esters is 1. The van der Waals surface area contributed by atoms with Crippen LogP contribution in [0, 0.1) is 0 Å². The summed E-state index contributed by atoms with van der Waals surface area (Å²) < 4.78 is 4.76. The van der Waals surface area contributed by atoms with Gasteiger partial charge in [0.05, 0.1) is 17.3 Å². The summed E-state index contributed by atoms with van der Waals surface area (Å²) in [5.41, 5.74) is 0.661. The fraction of sp³-hybridized carbons (Fsp3) is 0.300. The molecule has 0 aliphatic heterocycles. The van der Waals surface area contributed by atoms with Gasteiger partial charge < -0.3 is 10.1 Å². The van der Waals surface area contributed by atoms with Gasteiger partial charge in [-0.3, -0.25) is 4.79 Å². The second-order valence-electron chi connectivity index (χ2n) is 2.78. The zero-order valence-corrected chi connectivity index (χ0v) is 9.73. The van der Waals surface area contributed by atoms with E-state index in [0.29, 0.717) is 22.3 Å². The van der Waals surface area contributed by atoms with Crippen molar-refractivity contribution in [2.24, 2.45) is 0 Å². The van der Waals surface area contributed by atoms with Crippen molar-refractivity contribution in [1.82, 2.24) is 0 Å². The van der Waals surface area contributed by atoms with Gasteiger partial charge in [0.25, 0.3) is 0 Å². The lowest BCUT2D eigenvalue weighted by molar-refractivity contribution is -0.140. The van der Waals surface area contributed by atoms with Crippen LogP contribution in [0.1, 0.15) is 6.92 Å². The molecule has 0 saturated heterocycles. The van der Waals surface area contributed by atoms with Crippen LogP contribution >= 0.6 is 23.2 Å². The first-order valence-electron chi connectivity index (χ1n) is 4.48. The Morgan fingerprint density at radius 1 is 1.47 bits per heavy atom. The first kappa shape index (κ1) is 12.1. The molecule has 82 valence electrons. The molecule has 0 spiro atoms. The van der Waals surface area contributed by atoms with Gasteiger partial charge in [0.1, 0.15) is 6.54 Å². The van der Waals surface area contributed by atoms with Crippen LogP contribution in [0.4, 0.5) is 5.69 Å². The molecule has 0 saturated carbocycles. The first-order chi connectivity index (χ1) is 7.13. The number of anilines is 1. The van der Waals surface area contributed by atoms with Crippen LogP contribution in [0.2, 0.25) is 10.0 Å². The monoisotopic (exact) mass is 247 g/mol. The highest BCUT2D eigenvalue weighted by Crippen LogP contribution is 2.24. The lowest BCUT2D eigenvalue weighted by atomic mass is 10.3. The molecule has 0 aromatic heterocycles. The number of rotatable bonds is 4. The first-order valence-corrected chi connectivity index (χ1v) is 5.23. The lowest BCUT2D eigenvalue weighted by Crippen LogP contribution is -2.16. The molecule has 1 aromatic rings. The van der Waals surface area contributed by atoms with Crippen LogP contribution in [0.15, 0.2) is 18.2 Å². The van der Waals surface area contributed by atoms with E-state index in [-0.39, 0.29) is 12.5 Å². The molecule has 3 nitrogen and oxygen atoms in total. The van der Waals surface area contributed by atoms with Gasteiger partial charge in [0.15, 0.2) is 0 Å². The van der Waals surface area contributed by atoms with Gasteiger partial charge in [-0.15, -0.1) is 0 Å². The third-order valence-electron chi connectivity index (χ3n) is 1.66. The summed E-state index contributed by atoms with van der Waals surface area (Å²) in [4.78, 5) is 11.0. The summed E-state index contributed by atoms with van der Waals surface area (Å²) in [5, 5.41) is 3.90. The maximum atomic E-state index is 11.0. The standard InChI is InChI=1S/C10H11Cl2NO2/c1-2-15-10(14)6-13-9-4-3-7(11)5-8(9)12/h3-5,13H,2,6H2,1H3. The number of halogens is 2. The highest BCUT2D eigenvalue weighted by Gasteiger charge is 2.04. The smallest absolute Gasteiger partial charge is 0.325 e. The molecule has 15 heavy (non-hydrogen) atoms. The molecule has 0 aliphatic carbocycles. The average molecular weight is 248 g/mol. The minimum Gasteiger partial charge on any atom is -0.465 e. The summed E-state index contributed by atoms with van der Waals surface area (Å²) in [7, 11) is 0. The van der Waals surface area contributed by atoms with E-state index in [2.05, 4.69) is 5.32 Å². The molecular formula is C10H11Cl2NO2. The Bertz CT molecular complexity index is 355. The van der Waals surface area contributed by atoms with E-state index in [0.717, 1.165) is 0 Å². The Kier molecular flexibility index (Phi) is 4.72. The second kappa shape index (κ2) is 5.83. The molecule has 0 bridgehead atoms. The van der Waals surface area contributed by atoms with Crippen LogP contribution in [-0.4, -0.2) is 19.1 Å². The Hall–Kier alpha value is -0.930. The third kappa shape index (κ3) is 3.98. The minimum absolute atomic E-state index is 0.0925. The molecular weight excluding hydrogens is 237 g/mol. The third-order valence-corrected chi connectivity index (χ3v) is 2.21. The SMILES string of the molecule is CCOC(=O)CNc1ccc(Cl)cc1Cl. The van der Waals surface area contributed by atoms with E-state index in [4.69, 9.17) is 27.9 Å². The summed E-state index contributed by atoms with van der Waals surface area (Å²) in [6.07, 6.45) is 0. The molecule has 0 fully saturated rings. The zero-order valence-electron chi connectivity index (χ0n) is 8.22. The van der Waals surface area contributed by atoms with Crippen molar-refractivity contribution < 1.29 is 9.53 Å². The van der Waals surface area contributed by atoms with E-state index in [1.807, 2.05) is 0 Å². The molecule has 1 aromatic carbocycles. The van der Waals surface area contributed by atoms with Crippen molar-refractivity contribution in [3.63, 3.8) is 0 Å². The molecule has 0 radical (unpaired) electrons. The van der Waals surface area contributed by atoms with Crippen molar-refractivity contribution in [2.45, 2.75) is 6.92 Å². The Morgan fingerprint density at radius 3 is 2.80 bits per heavy atom. The Labute approximate surface area is 98.3 Å². The number of hydrogen-bond donors (Lipinski definition) is 1. The lowest BCUT2D eigenvalue weighted by Gasteiger charge is -2.07. The molecule has 0 heterocycles. The van der Waals surface area contributed by atoms with Crippen LogP contribution < -0.4 is 5.32 Å². The number of carbonyl (C=O) groups excluding carboxylic acids is 1. The number of nitrogens with one attached hydrogen (secondary N) is 1. The van der Waals surface area contributed by atoms with Crippen molar-refractivity contribution in [1.29, 1.82) is 0 Å². The number of ether oxygens (including phenoxy) is 1. The highest BCUT2D eigenvalue weighted by molar-refractivity contribution is 6.36. The Morgan fingerprint density at radius 2 is 2.20 bits per heavy atom. The second-order valence-corrected chi connectivity index (χ2v) is 3.63. The maximum Gasteiger partial charge on any atom is 0.325 e. The number of hydrogen-bond acceptors (Lipinski definition) is 3. The molecule has 0 unspecified atom stereocenters. The normalized spacial score (nSPS) is 9.80. The van der Waals surface area contributed by atoms with E-state index in [1.165, 1.54) is 0 Å². The summed E-state index contributed by atoms with van der Waals surface area (Å²) in [6.45, 7) is 2.22. The van der Waals surface area contributed by atoms with Crippen LogP contribution in [0.5, 0.6) is 0 Å². The van der Waals surface area contributed by atoms with Crippen molar-refractivity contribution >= 4 is 34.9 Å². The zero-order chi connectivity index (χ0) is 11.3. The van der Waals surface area contributed by atoms with E-state index in [1.54, 1.807) is 25.1 Å². The van der Waals surface area contributed by atoms with E-state index >= 15 is 0 Å². The molecule has 5 heteroatoms. The minimum atomic E-state index is -0.316. The van der Waals surface area contributed by atoms with Crippen LogP contribution in [0.3, 0.4) is 0 Å². The van der Waals surface area contributed by atoms with Crippen molar-refractivity contribution in [2.75, 3.05) is 18.5 Å². The molecule has 0 atom stereocenters. The maximum absolute atomic E-state index is 11.0. The predicted molar refractivity (Wildman–Crippen MR) is 61.6 cm³/mol. The average Bonchev–Trinajstić information content (AvgIpc) is 2.17. The Balaban J connectivity index is 2.54. The van der Waals surface area contributed by atoms with Crippen LogP contribution in [-0.2, 0) is 9.53 Å².